The molecule has 0 aliphatic carbocycles. The van der Waals surface area contributed by atoms with Crippen LogP contribution < -0.4 is 10.6 Å². The Morgan fingerprint density at radius 1 is 1.31 bits per heavy atom. The first-order chi connectivity index (χ1) is 7.79. The maximum Gasteiger partial charge on any atom is 0.0416 e. The van der Waals surface area contributed by atoms with E-state index in [-0.39, 0.29) is 0 Å². The van der Waals surface area contributed by atoms with Crippen LogP contribution in [0.3, 0.4) is 0 Å². The monoisotopic (exact) mass is 216 g/mol. The first-order valence-corrected chi connectivity index (χ1v) is 6.37. The third kappa shape index (κ3) is 1.44. The first kappa shape index (κ1) is 10.2. The zero-order chi connectivity index (χ0) is 11.1. The highest BCUT2D eigenvalue weighted by Crippen LogP contribution is 2.39. The van der Waals surface area contributed by atoms with Gasteiger partial charge in [-0.25, -0.2) is 0 Å². The van der Waals surface area contributed by atoms with E-state index in [0.29, 0.717) is 6.04 Å². The van der Waals surface area contributed by atoms with E-state index in [4.69, 9.17) is 5.73 Å². The van der Waals surface area contributed by atoms with Crippen molar-refractivity contribution in [3.8, 4) is 0 Å². The molecule has 0 bridgehead atoms. The summed E-state index contributed by atoms with van der Waals surface area (Å²) in [6.45, 7) is 2.97. The highest BCUT2D eigenvalue weighted by Gasteiger charge is 2.36. The van der Waals surface area contributed by atoms with E-state index in [1.165, 1.54) is 42.5 Å². The van der Waals surface area contributed by atoms with Crippen molar-refractivity contribution in [2.24, 2.45) is 5.73 Å². The Hall–Kier alpha value is -1.02. The number of nitrogens with zero attached hydrogens (tertiary/aromatic N) is 1. The number of benzene rings is 1. The van der Waals surface area contributed by atoms with Crippen molar-refractivity contribution in [2.45, 2.75) is 44.7 Å². The van der Waals surface area contributed by atoms with Crippen LogP contribution >= 0.6 is 0 Å². The summed E-state index contributed by atoms with van der Waals surface area (Å²) in [7, 11) is 0. The summed E-state index contributed by atoms with van der Waals surface area (Å²) in [5, 5.41) is 0. The number of fused-ring (bicyclic) bond motifs is 3. The average molecular weight is 216 g/mol. The van der Waals surface area contributed by atoms with Crippen molar-refractivity contribution in [1.29, 1.82) is 0 Å². The smallest absolute Gasteiger partial charge is 0.0416 e. The number of nitrogens with two attached hydrogens (primary N) is 1. The SMILES string of the molecule is Cc1ccc2c(c1)N1C(CN)CCC1CC2. The van der Waals surface area contributed by atoms with E-state index in [1.54, 1.807) is 0 Å². The van der Waals surface area contributed by atoms with Gasteiger partial charge in [0.2, 0.25) is 0 Å². The Kier molecular flexibility index (Phi) is 2.40. The highest BCUT2D eigenvalue weighted by molar-refractivity contribution is 5.59. The van der Waals surface area contributed by atoms with E-state index in [2.05, 4.69) is 30.0 Å². The fraction of sp³-hybridized carbons (Fsp3) is 0.571. The number of anilines is 1. The van der Waals surface area contributed by atoms with Crippen LogP contribution in [0.4, 0.5) is 5.69 Å². The molecule has 86 valence electrons. The number of aryl methyl sites for hydroxylation is 2. The topological polar surface area (TPSA) is 29.3 Å². The van der Waals surface area contributed by atoms with E-state index >= 15 is 0 Å². The predicted octanol–water partition coefficient (Wildman–Crippen LogP) is 2.24. The van der Waals surface area contributed by atoms with Gasteiger partial charge in [0.1, 0.15) is 0 Å². The van der Waals surface area contributed by atoms with E-state index in [1.807, 2.05) is 0 Å². The fourth-order valence-electron chi connectivity index (χ4n) is 3.32. The standard InChI is InChI=1S/C14H20N2/c1-10-2-3-11-4-5-12-6-7-13(9-15)16(12)14(11)8-10/h2-3,8,12-13H,4-7,9,15H2,1H3. The van der Waals surface area contributed by atoms with E-state index in [9.17, 15) is 0 Å². The third-order valence-corrected chi connectivity index (χ3v) is 4.16. The van der Waals surface area contributed by atoms with E-state index < -0.39 is 0 Å². The van der Waals surface area contributed by atoms with Gasteiger partial charge in [0, 0.05) is 24.3 Å². The lowest BCUT2D eigenvalue weighted by atomic mass is 9.95. The van der Waals surface area contributed by atoms with Gasteiger partial charge in [-0.1, -0.05) is 12.1 Å². The molecule has 2 heteroatoms. The van der Waals surface area contributed by atoms with Gasteiger partial charge in [-0.2, -0.15) is 0 Å². The van der Waals surface area contributed by atoms with Crippen molar-refractivity contribution in [3.05, 3.63) is 29.3 Å². The molecular weight excluding hydrogens is 196 g/mol. The van der Waals surface area contributed by atoms with Crippen LogP contribution in [0.2, 0.25) is 0 Å². The number of hydrogen-bond donors (Lipinski definition) is 1. The van der Waals surface area contributed by atoms with E-state index in [0.717, 1.165) is 12.6 Å². The van der Waals surface area contributed by atoms with Gasteiger partial charge in [-0.3, -0.25) is 0 Å². The molecule has 2 atom stereocenters. The molecule has 2 aliphatic heterocycles. The molecule has 1 fully saturated rings. The minimum Gasteiger partial charge on any atom is -0.364 e. The Balaban J connectivity index is 2.04. The van der Waals surface area contributed by atoms with Crippen molar-refractivity contribution in [2.75, 3.05) is 11.4 Å². The second-order valence-corrected chi connectivity index (χ2v) is 5.20. The highest BCUT2D eigenvalue weighted by atomic mass is 15.2. The van der Waals surface area contributed by atoms with Crippen LogP contribution in [0.1, 0.15) is 30.4 Å². The summed E-state index contributed by atoms with van der Waals surface area (Å²) in [5.74, 6) is 0. The van der Waals surface area contributed by atoms with Gasteiger partial charge in [-0.05, 0) is 49.8 Å². The Morgan fingerprint density at radius 3 is 3.00 bits per heavy atom. The summed E-state index contributed by atoms with van der Waals surface area (Å²) in [6, 6.07) is 8.20. The quantitative estimate of drug-likeness (QED) is 0.780. The van der Waals surface area contributed by atoms with Crippen molar-refractivity contribution in [3.63, 3.8) is 0 Å². The molecule has 0 radical (unpaired) electrons. The summed E-state index contributed by atoms with van der Waals surface area (Å²) < 4.78 is 0. The average Bonchev–Trinajstić information content (AvgIpc) is 2.72. The normalized spacial score (nSPS) is 27.8. The molecule has 1 aromatic carbocycles. The van der Waals surface area contributed by atoms with Gasteiger partial charge in [0.25, 0.3) is 0 Å². The lowest BCUT2D eigenvalue weighted by Gasteiger charge is -2.37. The molecule has 2 nitrogen and oxygen atoms in total. The summed E-state index contributed by atoms with van der Waals surface area (Å²) in [6.07, 6.45) is 5.16. The first-order valence-electron chi connectivity index (χ1n) is 6.37. The molecule has 2 N–H and O–H groups in total. The second kappa shape index (κ2) is 3.77. The second-order valence-electron chi connectivity index (χ2n) is 5.20. The maximum atomic E-state index is 5.89. The molecule has 0 aromatic heterocycles. The molecular formula is C14H20N2. The van der Waals surface area contributed by atoms with Crippen LogP contribution in [-0.2, 0) is 6.42 Å². The molecule has 16 heavy (non-hydrogen) atoms. The zero-order valence-electron chi connectivity index (χ0n) is 9.95. The van der Waals surface area contributed by atoms with Crippen LogP contribution in [0.5, 0.6) is 0 Å². The minimum atomic E-state index is 0.575. The minimum absolute atomic E-state index is 0.575. The fourth-order valence-corrected chi connectivity index (χ4v) is 3.32. The molecule has 3 rings (SSSR count). The van der Waals surface area contributed by atoms with Crippen molar-refractivity contribution in [1.82, 2.24) is 0 Å². The summed E-state index contributed by atoms with van der Waals surface area (Å²) in [5.41, 5.74) is 10.2. The summed E-state index contributed by atoms with van der Waals surface area (Å²) >= 11 is 0. The molecule has 0 saturated carbocycles. The van der Waals surface area contributed by atoms with Crippen molar-refractivity contribution >= 4 is 5.69 Å². The Bertz CT molecular complexity index is 400. The van der Waals surface area contributed by atoms with Crippen LogP contribution in [0, 0.1) is 6.92 Å². The van der Waals surface area contributed by atoms with Gasteiger partial charge >= 0.3 is 0 Å². The maximum absolute atomic E-state index is 5.89. The molecule has 2 aliphatic rings. The largest absolute Gasteiger partial charge is 0.364 e. The lowest BCUT2D eigenvalue weighted by Crippen LogP contribution is -2.43. The molecule has 1 aromatic rings. The van der Waals surface area contributed by atoms with Gasteiger partial charge < -0.3 is 10.6 Å². The van der Waals surface area contributed by atoms with Crippen LogP contribution in [0.25, 0.3) is 0 Å². The predicted molar refractivity (Wildman–Crippen MR) is 67.8 cm³/mol. The van der Waals surface area contributed by atoms with Gasteiger partial charge in [0.05, 0.1) is 0 Å². The number of hydrogen-bond acceptors (Lipinski definition) is 2. The molecule has 0 amide bonds. The van der Waals surface area contributed by atoms with Crippen LogP contribution in [-0.4, -0.2) is 18.6 Å². The Labute approximate surface area is 97.4 Å². The third-order valence-electron chi connectivity index (χ3n) is 4.16. The van der Waals surface area contributed by atoms with Crippen LogP contribution in [0.15, 0.2) is 18.2 Å². The Morgan fingerprint density at radius 2 is 2.19 bits per heavy atom. The zero-order valence-corrected chi connectivity index (χ0v) is 9.95. The van der Waals surface area contributed by atoms with Gasteiger partial charge in [0.15, 0.2) is 0 Å². The molecule has 1 saturated heterocycles. The van der Waals surface area contributed by atoms with Gasteiger partial charge in [-0.15, -0.1) is 0 Å². The van der Waals surface area contributed by atoms with Crippen molar-refractivity contribution < 1.29 is 0 Å². The summed E-state index contributed by atoms with van der Waals surface area (Å²) in [4.78, 5) is 2.60. The molecule has 2 heterocycles. The lowest BCUT2D eigenvalue weighted by molar-refractivity contribution is 0.562. The number of rotatable bonds is 1. The molecule has 2 unspecified atom stereocenters. The molecule has 0 spiro atoms.